The van der Waals surface area contributed by atoms with Crippen LogP contribution in [0.3, 0.4) is 0 Å². The van der Waals surface area contributed by atoms with Crippen LogP contribution in [0.1, 0.15) is 41.6 Å². The molecule has 0 fully saturated rings. The largest absolute Gasteiger partial charge is 0.387 e. The van der Waals surface area contributed by atoms with Gasteiger partial charge < -0.3 is 10.6 Å². The quantitative estimate of drug-likeness (QED) is 0.682. The summed E-state index contributed by atoms with van der Waals surface area (Å²) in [5, 5.41) is 6.08. The molecule has 1 amide bonds. The highest BCUT2D eigenvalue weighted by atomic mass is 32.2. The van der Waals surface area contributed by atoms with Crippen LogP contribution in [0.25, 0.3) is 0 Å². The number of carbonyl (C=O) groups excluding carboxylic acids is 1. The highest BCUT2D eigenvalue weighted by Crippen LogP contribution is 2.16. The minimum Gasteiger partial charge on any atom is -0.387 e. The number of hydrogen-bond donors (Lipinski definition) is 2. The number of amides is 1. The molecule has 1 aromatic carbocycles. The van der Waals surface area contributed by atoms with Crippen LogP contribution in [0, 0.1) is 6.92 Å². The van der Waals surface area contributed by atoms with Crippen LogP contribution < -0.4 is 10.6 Å². The minimum absolute atomic E-state index is 0.0125. The second-order valence-electron chi connectivity index (χ2n) is 4.96. The van der Waals surface area contributed by atoms with Gasteiger partial charge in [0.05, 0.1) is 5.56 Å². The lowest BCUT2D eigenvalue weighted by Crippen LogP contribution is -2.25. The van der Waals surface area contributed by atoms with E-state index in [9.17, 15) is 4.79 Å². The van der Waals surface area contributed by atoms with E-state index in [0.29, 0.717) is 0 Å². The fourth-order valence-electron chi connectivity index (χ4n) is 2.09. The van der Waals surface area contributed by atoms with E-state index in [-0.39, 0.29) is 5.91 Å². The number of benzene rings is 1. The number of nitrogens with one attached hydrogen (secondary N) is 2. The molecule has 0 saturated heterocycles. The lowest BCUT2D eigenvalue weighted by Gasteiger charge is -2.10. The maximum absolute atomic E-state index is 12.1. The molecule has 0 aromatic heterocycles. The van der Waals surface area contributed by atoms with Crippen LogP contribution >= 0.6 is 11.8 Å². The van der Waals surface area contributed by atoms with Crippen molar-refractivity contribution in [2.24, 2.45) is 0 Å². The van der Waals surface area contributed by atoms with Crippen molar-refractivity contribution in [3.63, 3.8) is 0 Å². The predicted molar refractivity (Wildman–Crippen MR) is 89.9 cm³/mol. The van der Waals surface area contributed by atoms with Gasteiger partial charge in [-0.25, -0.2) is 0 Å². The number of unbranched alkanes of at least 4 members (excludes halogenated alkanes) is 3. The Hall–Kier alpha value is -1.16. The number of anilines is 1. The molecule has 0 aliphatic rings. The van der Waals surface area contributed by atoms with E-state index in [1.165, 1.54) is 25.0 Å². The van der Waals surface area contributed by atoms with Crippen molar-refractivity contribution in [2.75, 3.05) is 30.9 Å². The van der Waals surface area contributed by atoms with E-state index in [1.807, 2.05) is 43.9 Å². The number of hydrogen-bond acceptors (Lipinski definition) is 3. The Morgan fingerprint density at radius 3 is 2.65 bits per heavy atom. The van der Waals surface area contributed by atoms with Gasteiger partial charge in [0, 0.05) is 19.3 Å². The van der Waals surface area contributed by atoms with Gasteiger partial charge >= 0.3 is 0 Å². The molecular formula is C16H26N2OS. The van der Waals surface area contributed by atoms with Crippen molar-refractivity contribution < 1.29 is 4.79 Å². The normalized spacial score (nSPS) is 10.3. The Kier molecular flexibility index (Phi) is 8.19. The molecule has 2 N–H and O–H groups in total. The third kappa shape index (κ3) is 5.87. The van der Waals surface area contributed by atoms with E-state index in [2.05, 4.69) is 16.9 Å². The first-order valence-electron chi connectivity index (χ1n) is 7.24. The van der Waals surface area contributed by atoms with Crippen LogP contribution in [0.4, 0.5) is 5.69 Å². The second-order valence-corrected chi connectivity index (χ2v) is 5.95. The third-order valence-electron chi connectivity index (χ3n) is 3.25. The Morgan fingerprint density at radius 1 is 1.20 bits per heavy atom. The maximum atomic E-state index is 12.1. The van der Waals surface area contributed by atoms with Gasteiger partial charge in [-0.1, -0.05) is 18.9 Å². The lowest BCUT2D eigenvalue weighted by molar-refractivity contribution is 0.0953. The summed E-state index contributed by atoms with van der Waals surface area (Å²) in [5.41, 5.74) is 2.77. The molecule has 0 unspecified atom stereocenters. The van der Waals surface area contributed by atoms with Crippen LogP contribution in [0.15, 0.2) is 18.2 Å². The minimum atomic E-state index is 0.0125. The second kappa shape index (κ2) is 9.70. The molecule has 112 valence electrons. The monoisotopic (exact) mass is 294 g/mol. The van der Waals surface area contributed by atoms with Gasteiger partial charge in [0.1, 0.15) is 0 Å². The SMILES string of the molecule is CNc1cc(C)ccc1C(=O)NCCCCCCSC. The highest BCUT2D eigenvalue weighted by Gasteiger charge is 2.09. The Labute approximate surface area is 126 Å². The van der Waals surface area contributed by atoms with Crippen molar-refractivity contribution in [1.82, 2.24) is 5.32 Å². The summed E-state index contributed by atoms with van der Waals surface area (Å²) in [6.07, 6.45) is 6.91. The van der Waals surface area contributed by atoms with Crippen molar-refractivity contribution in [3.05, 3.63) is 29.3 Å². The number of carbonyl (C=O) groups is 1. The zero-order chi connectivity index (χ0) is 14.8. The molecule has 0 radical (unpaired) electrons. The van der Waals surface area contributed by atoms with Gasteiger partial charge in [-0.2, -0.15) is 11.8 Å². The molecule has 1 aromatic rings. The van der Waals surface area contributed by atoms with Crippen LogP contribution in [-0.2, 0) is 0 Å². The van der Waals surface area contributed by atoms with Crippen molar-refractivity contribution in [1.29, 1.82) is 0 Å². The zero-order valence-electron chi connectivity index (χ0n) is 12.8. The summed E-state index contributed by atoms with van der Waals surface area (Å²) in [6, 6.07) is 5.85. The summed E-state index contributed by atoms with van der Waals surface area (Å²) in [7, 11) is 1.84. The Morgan fingerprint density at radius 2 is 1.95 bits per heavy atom. The van der Waals surface area contributed by atoms with E-state index in [0.717, 1.165) is 29.8 Å². The predicted octanol–water partition coefficient (Wildman–Crippen LogP) is 3.69. The van der Waals surface area contributed by atoms with E-state index >= 15 is 0 Å². The summed E-state index contributed by atoms with van der Waals surface area (Å²) in [5.74, 6) is 1.25. The van der Waals surface area contributed by atoms with Crippen molar-refractivity contribution >= 4 is 23.4 Å². The summed E-state index contributed by atoms with van der Waals surface area (Å²) in [6.45, 7) is 2.78. The first-order chi connectivity index (χ1) is 9.69. The highest BCUT2D eigenvalue weighted by molar-refractivity contribution is 7.98. The Bertz CT molecular complexity index is 421. The average molecular weight is 294 g/mol. The lowest BCUT2D eigenvalue weighted by atomic mass is 10.1. The summed E-state index contributed by atoms with van der Waals surface area (Å²) >= 11 is 1.90. The van der Waals surface area contributed by atoms with Crippen LogP contribution in [0.2, 0.25) is 0 Å². The maximum Gasteiger partial charge on any atom is 0.253 e. The number of aryl methyl sites for hydroxylation is 1. The molecule has 4 heteroatoms. The molecule has 0 spiro atoms. The van der Waals surface area contributed by atoms with Crippen molar-refractivity contribution in [2.45, 2.75) is 32.6 Å². The Balaban J connectivity index is 2.32. The standard InChI is InChI=1S/C16H26N2OS/c1-13-8-9-14(15(12-13)17-2)16(19)18-10-6-4-5-7-11-20-3/h8-9,12,17H,4-7,10-11H2,1-3H3,(H,18,19). The number of thioether (sulfide) groups is 1. The molecule has 0 heterocycles. The molecule has 0 bridgehead atoms. The number of rotatable bonds is 9. The zero-order valence-corrected chi connectivity index (χ0v) is 13.6. The van der Waals surface area contributed by atoms with Gasteiger partial charge in [-0.15, -0.1) is 0 Å². The molecule has 1 rings (SSSR count). The van der Waals surface area contributed by atoms with Crippen LogP contribution in [-0.4, -0.2) is 31.5 Å². The third-order valence-corrected chi connectivity index (χ3v) is 3.95. The van der Waals surface area contributed by atoms with E-state index in [1.54, 1.807) is 0 Å². The molecular weight excluding hydrogens is 268 g/mol. The van der Waals surface area contributed by atoms with E-state index in [4.69, 9.17) is 0 Å². The van der Waals surface area contributed by atoms with Gasteiger partial charge in [-0.05, 0) is 49.5 Å². The van der Waals surface area contributed by atoms with Gasteiger partial charge in [0.25, 0.3) is 5.91 Å². The fraction of sp³-hybridized carbons (Fsp3) is 0.562. The molecule has 0 atom stereocenters. The van der Waals surface area contributed by atoms with Crippen molar-refractivity contribution in [3.8, 4) is 0 Å². The first-order valence-corrected chi connectivity index (χ1v) is 8.64. The topological polar surface area (TPSA) is 41.1 Å². The van der Waals surface area contributed by atoms with Gasteiger partial charge in [0.2, 0.25) is 0 Å². The van der Waals surface area contributed by atoms with Gasteiger partial charge in [-0.3, -0.25) is 4.79 Å². The first kappa shape index (κ1) is 16.9. The molecule has 0 aliphatic heterocycles. The average Bonchev–Trinajstić information content (AvgIpc) is 2.45. The fourth-order valence-corrected chi connectivity index (χ4v) is 2.58. The molecule has 3 nitrogen and oxygen atoms in total. The smallest absolute Gasteiger partial charge is 0.253 e. The van der Waals surface area contributed by atoms with Gasteiger partial charge in [0.15, 0.2) is 0 Å². The summed E-state index contributed by atoms with van der Waals surface area (Å²) in [4.78, 5) is 12.1. The van der Waals surface area contributed by atoms with Crippen LogP contribution in [0.5, 0.6) is 0 Å². The summed E-state index contributed by atoms with van der Waals surface area (Å²) < 4.78 is 0. The van der Waals surface area contributed by atoms with E-state index < -0.39 is 0 Å². The molecule has 0 saturated carbocycles. The molecule has 20 heavy (non-hydrogen) atoms. The molecule has 0 aliphatic carbocycles.